The lowest BCUT2D eigenvalue weighted by Gasteiger charge is -2.35. The molecular formula is C32H34F3N3O6. The first kappa shape index (κ1) is 33.8. The molecule has 1 aliphatic rings. The monoisotopic (exact) mass is 613 g/mol. The van der Waals surface area contributed by atoms with Crippen LogP contribution in [0.15, 0.2) is 78.9 Å². The van der Waals surface area contributed by atoms with E-state index in [1.165, 1.54) is 4.90 Å². The number of para-hydroxylation sites is 1. The molecule has 0 fully saturated rings. The molecular weight excluding hydrogens is 579 g/mol. The molecule has 0 spiro atoms. The van der Waals surface area contributed by atoms with Gasteiger partial charge in [-0.2, -0.15) is 13.2 Å². The number of alkyl halides is 3. The molecule has 4 N–H and O–H groups in total. The molecule has 12 heteroatoms. The van der Waals surface area contributed by atoms with Gasteiger partial charge in [-0.3, -0.25) is 19.3 Å². The van der Waals surface area contributed by atoms with Gasteiger partial charge in [0.1, 0.15) is 6.04 Å². The van der Waals surface area contributed by atoms with Crippen LogP contribution in [0.5, 0.6) is 0 Å². The first-order valence-electron chi connectivity index (χ1n) is 14.0. The van der Waals surface area contributed by atoms with Crippen LogP contribution < -0.4 is 10.6 Å². The minimum Gasteiger partial charge on any atom is -0.481 e. The Bertz CT molecular complexity index is 1450. The maximum absolute atomic E-state index is 14.4. The Morgan fingerprint density at radius 2 is 1.50 bits per heavy atom. The van der Waals surface area contributed by atoms with E-state index >= 15 is 0 Å². The standard InChI is InChI=1S/C30H33N3O4.C2HF3O2/c1-21(19-27(34)35)32-28(23-12-6-2-7-13-23)30(37)33(24-14-8-3-9-15-24)26-17-16-22(11-5-4-10-18-31)20-25(26)29(32)36;3-2(4,5)1(6)7/h2-3,6-9,12-17,20-21,28H,4-5,10-11,18-19,31H2,1H3,(H,34,35);(H,6,7). The van der Waals surface area contributed by atoms with Crippen LogP contribution in [0.1, 0.15) is 60.1 Å². The third kappa shape index (κ3) is 8.44. The summed E-state index contributed by atoms with van der Waals surface area (Å²) in [6.07, 6.45) is -1.70. The Balaban J connectivity index is 0.000000676. The fraction of sp³-hybridized carbons (Fsp3) is 0.312. The number of aliphatic carboxylic acids is 2. The molecule has 2 atom stereocenters. The van der Waals surface area contributed by atoms with E-state index in [-0.39, 0.29) is 18.2 Å². The maximum atomic E-state index is 14.4. The number of amides is 2. The van der Waals surface area contributed by atoms with E-state index in [4.69, 9.17) is 15.6 Å². The summed E-state index contributed by atoms with van der Waals surface area (Å²) in [5.74, 6) is -4.45. The number of carbonyl (C=O) groups excluding carboxylic acids is 2. The summed E-state index contributed by atoms with van der Waals surface area (Å²) < 4.78 is 31.7. The van der Waals surface area contributed by atoms with Gasteiger partial charge in [-0.15, -0.1) is 0 Å². The number of carboxylic acids is 2. The molecule has 0 saturated heterocycles. The van der Waals surface area contributed by atoms with Crippen molar-refractivity contribution in [3.63, 3.8) is 0 Å². The fourth-order valence-electron chi connectivity index (χ4n) is 4.96. The number of benzene rings is 3. The van der Waals surface area contributed by atoms with Gasteiger partial charge in [-0.1, -0.05) is 61.0 Å². The van der Waals surface area contributed by atoms with E-state index in [2.05, 4.69) is 0 Å². The number of rotatable bonds is 10. The Kier molecular flexibility index (Phi) is 11.6. The van der Waals surface area contributed by atoms with Gasteiger partial charge in [0.05, 0.1) is 17.7 Å². The van der Waals surface area contributed by atoms with Crippen LogP contribution in [-0.2, 0) is 20.8 Å². The van der Waals surface area contributed by atoms with E-state index in [1.807, 2.05) is 66.7 Å². The lowest BCUT2D eigenvalue weighted by atomic mass is 10.00. The molecule has 0 bridgehead atoms. The molecule has 0 saturated carbocycles. The second kappa shape index (κ2) is 15.1. The van der Waals surface area contributed by atoms with Crippen LogP contribution in [0.25, 0.3) is 0 Å². The van der Waals surface area contributed by atoms with Crippen molar-refractivity contribution >= 4 is 35.1 Å². The minimum absolute atomic E-state index is 0.276. The van der Waals surface area contributed by atoms with Gasteiger partial charge in [0, 0.05) is 11.7 Å². The molecule has 234 valence electrons. The van der Waals surface area contributed by atoms with Crippen LogP contribution in [0.4, 0.5) is 24.5 Å². The number of unbranched alkanes of at least 4 members (excludes halogenated alkanes) is 2. The fourth-order valence-corrected chi connectivity index (χ4v) is 4.96. The molecule has 0 radical (unpaired) electrons. The molecule has 1 aliphatic heterocycles. The molecule has 44 heavy (non-hydrogen) atoms. The molecule has 4 rings (SSSR count). The van der Waals surface area contributed by atoms with Crippen molar-refractivity contribution in [3.05, 3.63) is 95.6 Å². The highest BCUT2D eigenvalue weighted by Crippen LogP contribution is 2.40. The summed E-state index contributed by atoms with van der Waals surface area (Å²) in [5.41, 5.74) is 8.79. The van der Waals surface area contributed by atoms with Crippen molar-refractivity contribution in [2.24, 2.45) is 5.73 Å². The lowest BCUT2D eigenvalue weighted by Crippen LogP contribution is -2.46. The van der Waals surface area contributed by atoms with E-state index in [0.717, 1.165) is 31.2 Å². The van der Waals surface area contributed by atoms with Gasteiger partial charge in [0.15, 0.2) is 0 Å². The average Bonchev–Trinajstić information content (AvgIpc) is 3.07. The zero-order chi connectivity index (χ0) is 32.4. The summed E-state index contributed by atoms with van der Waals surface area (Å²) in [6, 6.07) is 22.3. The number of halogens is 3. The first-order chi connectivity index (χ1) is 20.9. The predicted octanol–water partition coefficient (Wildman–Crippen LogP) is 5.72. The third-order valence-corrected chi connectivity index (χ3v) is 6.99. The van der Waals surface area contributed by atoms with Crippen LogP contribution >= 0.6 is 0 Å². The second-order valence-electron chi connectivity index (χ2n) is 10.2. The highest BCUT2D eigenvalue weighted by molar-refractivity contribution is 6.14. The van der Waals surface area contributed by atoms with E-state index < -0.39 is 30.2 Å². The van der Waals surface area contributed by atoms with Crippen LogP contribution in [-0.4, -0.2) is 57.6 Å². The van der Waals surface area contributed by atoms with Gasteiger partial charge in [0.25, 0.3) is 11.8 Å². The van der Waals surface area contributed by atoms with Crippen LogP contribution in [0.3, 0.4) is 0 Å². The maximum Gasteiger partial charge on any atom is 0.490 e. The quantitative estimate of drug-likeness (QED) is 0.249. The molecule has 1 heterocycles. The van der Waals surface area contributed by atoms with Gasteiger partial charge in [0.2, 0.25) is 0 Å². The number of nitrogens with two attached hydrogens (primary N) is 1. The Morgan fingerprint density at radius 3 is 2.05 bits per heavy atom. The zero-order valence-electron chi connectivity index (χ0n) is 24.0. The smallest absolute Gasteiger partial charge is 0.481 e. The molecule has 9 nitrogen and oxygen atoms in total. The molecule has 3 aromatic carbocycles. The summed E-state index contributed by atoms with van der Waals surface area (Å²) >= 11 is 0. The summed E-state index contributed by atoms with van der Waals surface area (Å²) in [7, 11) is 0. The van der Waals surface area contributed by atoms with Crippen molar-refractivity contribution in [1.29, 1.82) is 0 Å². The van der Waals surface area contributed by atoms with Crippen molar-refractivity contribution in [1.82, 2.24) is 4.90 Å². The number of carbonyl (C=O) groups is 4. The number of carboxylic acid groups (broad SMARTS) is 2. The van der Waals surface area contributed by atoms with Crippen molar-refractivity contribution in [2.45, 2.75) is 57.3 Å². The molecule has 3 aromatic rings. The van der Waals surface area contributed by atoms with Gasteiger partial charge >= 0.3 is 18.1 Å². The van der Waals surface area contributed by atoms with Gasteiger partial charge in [-0.25, -0.2) is 4.79 Å². The largest absolute Gasteiger partial charge is 0.490 e. The number of nitrogens with zero attached hydrogens (tertiary/aromatic N) is 2. The van der Waals surface area contributed by atoms with Crippen molar-refractivity contribution in [3.8, 4) is 0 Å². The van der Waals surface area contributed by atoms with Crippen LogP contribution in [0.2, 0.25) is 0 Å². The molecule has 2 amide bonds. The minimum atomic E-state index is -5.08. The average molecular weight is 614 g/mol. The van der Waals surface area contributed by atoms with Crippen LogP contribution in [0, 0.1) is 0 Å². The summed E-state index contributed by atoms with van der Waals surface area (Å²) in [6.45, 7) is 2.33. The number of fused-ring (bicyclic) bond motifs is 1. The zero-order valence-corrected chi connectivity index (χ0v) is 24.0. The van der Waals surface area contributed by atoms with Gasteiger partial charge in [-0.05, 0) is 68.1 Å². The molecule has 0 aromatic heterocycles. The Hall–Kier alpha value is -4.71. The van der Waals surface area contributed by atoms with Crippen molar-refractivity contribution in [2.75, 3.05) is 11.4 Å². The Morgan fingerprint density at radius 1 is 0.909 bits per heavy atom. The number of hydrogen-bond donors (Lipinski definition) is 3. The topological polar surface area (TPSA) is 141 Å². The first-order valence-corrected chi connectivity index (χ1v) is 14.0. The van der Waals surface area contributed by atoms with Gasteiger partial charge < -0.3 is 20.8 Å². The molecule has 2 unspecified atom stereocenters. The van der Waals surface area contributed by atoms with Crippen molar-refractivity contribution < 1.29 is 42.6 Å². The third-order valence-electron chi connectivity index (χ3n) is 6.99. The lowest BCUT2D eigenvalue weighted by molar-refractivity contribution is -0.192. The number of aryl methyl sites for hydroxylation is 1. The molecule has 0 aliphatic carbocycles. The van der Waals surface area contributed by atoms with E-state index in [0.29, 0.717) is 29.0 Å². The predicted molar refractivity (Wildman–Crippen MR) is 157 cm³/mol. The highest BCUT2D eigenvalue weighted by Gasteiger charge is 2.43. The normalized spacial score (nSPS) is 15.5. The van der Waals surface area contributed by atoms with E-state index in [9.17, 15) is 32.7 Å². The number of hydrogen-bond acceptors (Lipinski definition) is 5. The van der Waals surface area contributed by atoms with E-state index in [1.54, 1.807) is 24.0 Å². The number of anilines is 2. The Labute approximate surface area is 252 Å². The second-order valence-corrected chi connectivity index (χ2v) is 10.2. The SMILES string of the molecule is CC(CC(=O)O)N1C(=O)c2cc(CCCCCN)ccc2N(c2ccccc2)C(=O)C1c1ccccc1.O=C(O)C(F)(F)F. The summed E-state index contributed by atoms with van der Waals surface area (Å²) in [4.78, 5) is 52.2. The highest BCUT2D eigenvalue weighted by atomic mass is 19.4. The summed E-state index contributed by atoms with van der Waals surface area (Å²) in [5, 5.41) is 16.7.